The molecule has 5 nitrogen and oxygen atoms in total. The van der Waals surface area contributed by atoms with Gasteiger partial charge in [-0.3, -0.25) is 0 Å². The number of benzene rings is 1. The number of hydrogen-bond donors (Lipinski definition) is 0. The molecule has 2 rings (SSSR count). The van der Waals surface area contributed by atoms with Crippen LogP contribution in [0.1, 0.15) is 31.1 Å². The Kier molecular flexibility index (Phi) is 3.53. The first-order chi connectivity index (χ1) is 9.30. The van der Waals surface area contributed by atoms with Gasteiger partial charge in [-0.25, -0.2) is 9.59 Å². The fourth-order valence-corrected chi connectivity index (χ4v) is 1.69. The zero-order chi connectivity index (χ0) is 14.9. The molecule has 1 aromatic heterocycles. The molecule has 0 saturated carbocycles. The van der Waals surface area contributed by atoms with Crippen LogP contribution in [0.3, 0.4) is 0 Å². The van der Waals surface area contributed by atoms with Gasteiger partial charge in [0.25, 0.3) is 0 Å². The molecule has 20 heavy (non-hydrogen) atoms. The summed E-state index contributed by atoms with van der Waals surface area (Å²) in [6, 6.07) is 6.50. The van der Waals surface area contributed by atoms with Crippen LogP contribution in [-0.4, -0.2) is 18.7 Å². The van der Waals surface area contributed by atoms with Gasteiger partial charge in [0.15, 0.2) is 0 Å². The van der Waals surface area contributed by atoms with Crippen molar-refractivity contribution in [3.8, 4) is 5.75 Å². The van der Waals surface area contributed by atoms with Gasteiger partial charge in [-0.1, -0.05) is 0 Å². The molecule has 0 saturated heterocycles. The highest BCUT2D eigenvalue weighted by Crippen LogP contribution is 2.21. The van der Waals surface area contributed by atoms with Gasteiger partial charge in [0, 0.05) is 11.5 Å². The quantitative estimate of drug-likeness (QED) is 0.623. The second-order valence-corrected chi connectivity index (χ2v) is 5.35. The van der Waals surface area contributed by atoms with Gasteiger partial charge >= 0.3 is 11.6 Å². The summed E-state index contributed by atoms with van der Waals surface area (Å²) < 4.78 is 15.4. The number of esters is 1. The first-order valence-electron chi connectivity index (χ1n) is 6.15. The summed E-state index contributed by atoms with van der Waals surface area (Å²) in [7, 11) is 1.52. The highest BCUT2D eigenvalue weighted by atomic mass is 16.6. The van der Waals surface area contributed by atoms with Crippen molar-refractivity contribution in [2.75, 3.05) is 7.11 Å². The number of carbonyl (C=O) groups is 1. The van der Waals surface area contributed by atoms with E-state index in [1.54, 1.807) is 39.0 Å². The van der Waals surface area contributed by atoms with Crippen LogP contribution in [0.25, 0.3) is 11.0 Å². The van der Waals surface area contributed by atoms with Gasteiger partial charge in [-0.15, -0.1) is 0 Å². The zero-order valence-corrected chi connectivity index (χ0v) is 11.9. The van der Waals surface area contributed by atoms with Crippen molar-refractivity contribution in [1.82, 2.24) is 0 Å². The van der Waals surface area contributed by atoms with E-state index < -0.39 is 17.2 Å². The van der Waals surface area contributed by atoms with Crippen LogP contribution in [0.4, 0.5) is 0 Å². The van der Waals surface area contributed by atoms with Gasteiger partial charge in [-0.2, -0.15) is 0 Å². The number of ether oxygens (including phenoxy) is 2. The molecule has 0 aliphatic heterocycles. The Bertz CT molecular complexity index is 706. The van der Waals surface area contributed by atoms with Crippen molar-refractivity contribution in [1.29, 1.82) is 0 Å². The van der Waals surface area contributed by atoms with E-state index in [1.165, 1.54) is 13.2 Å². The van der Waals surface area contributed by atoms with E-state index >= 15 is 0 Å². The largest absolute Gasteiger partial charge is 0.497 e. The van der Waals surface area contributed by atoms with Crippen LogP contribution in [0, 0.1) is 0 Å². The summed E-state index contributed by atoms with van der Waals surface area (Å²) in [5.41, 5.74) is -1.14. The van der Waals surface area contributed by atoms with E-state index in [0.717, 1.165) is 0 Å². The lowest BCUT2D eigenvalue weighted by molar-refractivity contribution is 0.00654. The molecule has 2 aromatic rings. The van der Waals surface area contributed by atoms with Crippen molar-refractivity contribution in [2.45, 2.75) is 26.4 Å². The normalized spacial score (nSPS) is 11.4. The van der Waals surface area contributed by atoms with Gasteiger partial charge in [-0.05, 0) is 39.0 Å². The summed E-state index contributed by atoms with van der Waals surface area (Å²) in [6.07, 6.45) is 0. The van der Waals surface area contributed by atoms with Gasteiger partial charge in [0.2, 0.25) is 0 Å². The van der Waals surface area contributed by atoms with Crippen molar-refractivity contribution < 1.29 is 18.7 Å². The highest BCUT2D eigenvalue weighted by molar-refractivity contribution is 5.93. The third-order valence-electron chi connectivity index (χ3n) is 2.56. The Morgan fingerprint density at radius 1 is 1.20 bits per heavy atom. The van der Waals surface area contributed by atoms with Crippen molar-refractivity contribution in [3.05, 3.63) is 40.2 Å². The minimum absolute atomic E-state index is 0.113. The fraction of sp³-hybridized carbons (Fsp3) is 0.333. The monoisotopic (exact) mass is 276 g/mol. The summed E-state index contributed by atoms with van der Waals surface area (Å²) in [5, 5.41) is 0.631. The molecule has 0 N–H and O–H groups in total. The second kappa shape index (κ2) is 5.00. The molecule has 0 aliphatic rings. The van der Waals surface area contributed by atoms with Crippen molar-refractivity contribution in [3.63, 3.8) is 0 Å². The first kappa shape index (κ1) is 14.1. The highest BCUT2D eigenvalue weighted by Gasteiger charge is 2.21. The molecule has 1 aromatic carbocycles. The third kappa shape index (κ3) is 2.99. The van der Waals surface area contributed by atoms with E-state index in [0.29, 0.717) is 16.7 Å². The Balaban J connectivity index is 2.48. The Labute approximate surface area is 116 Å². The van der Waals surface area contributed by atoms with E-state index in [4.69, 9.17) is 13.9 Å². The molecule has 0 bridgehead atoms. The molecule has 1 heterocycles. The standard InChI is InChI=1S/C15H16O5/c1-15(2,3)20-14(17)11-7-9-5-6-10(18-4)8-12(9)19-13(11)16/h5-8H,1-4H3. The maximum atomic E-state index is 11.9. The maximum Gasteiger partial charge on any atom is 0.351 e. The molecule has 0 unspecified atom stereocenters. The summed E-state index contributed by atoms with van der Waals surface area (Å²) in [4.78, 5) is 23.8. The molecule has 0 atom stereocenters. The van der Waals surface area contributed by atoms with Gasteiger partial charge in [0.05, 0.1) is 7.11 Å². The van der Waals surface area contributed by atoms with E-state index in [1.807, 2.05) is 0 Å². The SMILES string of the molecule is COc1ccc2cc(C(=O)OC(C)(C)C)c(=O)oc2c1. The predicted molar refractivity (Wildman–Crippen MR) is 74.2 cm³/mol. The minimum atomic E-state index is -0.722. The van der Waals surface area contributed by atoms with Crippen LogP contribution >= 0.6 is 0 Å². The van der Waals surface area contributed by atoms with Gasteiger partial charge in [0.1, 0.15) is 22.5 Å². The van der Waals surface area contributed by atoms with Crippen molar-refractivity contribution >= 4 is 16.9 Å². The molecule has 0 amide bonds. The maximum absolute atomic E-state index is 11.9. The summed E-state index contributed by atoms with van der Waals surface area (Å²) >= 11 is 0. The lowest BCUT2D eigenvalue weighted by Crippen LogP contribution is -2.27. The summed E-state index contributed by atoms with van der Waals surface area (Å²) in [5.74, 6) is -0.116. The van der Waals surface area contributed by atoms with Crippen LogP contribution < -0.4 is 10.4 Å². The molecular formula is C15H16O5. The molecule has 0 radical (unpaired) electrons. The molecule has 5 heteroatoms. The van der Waals surface area contributed by atoms with E-state index in [-0.39, 0.29) is 5.56 Å². The molecule has 106 valence electrons. The number of fused-ring (bicyclic) bond motifs is 1. The molecule has 0 fully saturated rings. The lowest BCUT2D eigenvalue weighted by atomic mass is 10.1. The van der Waals surface area contributed by atoms with Crippen molar-refractivity contribution in [2.24, 2.45) is 0 Å². The van der Waals surface area contributed by atoms with Crippen LogP contribution in [-0.2, 0) is 4.74 Å². The Morgan fingerprint density at radius 3 is 2.50 bits per heavy atom. The molecular weight excluding hydrogens is 260 g/mol. The van der Waals surface area contributed by atoms with Gasteiger partial charge < -0.3 is 13.9 Å². The zero-order valence-electron chi connectivity index (χ0n) is 11.9. The molecule has 0 spiro atoms. The Hall–Kier alpha value is -2.30. The van der Waals surface area contributed by atoms with E-state index in [2.05, 4.69) is 0 Å². The minimum Gasteiger partial charge on any atom is -0.497 e. The number of carbonyl (C=O) groups excluding carboxylic acids is 1. The number of hydrogen-bond acceptors (Lipinski definition) is 5. The predicted octanol–water partition coefficient (Wildman–Crippen LogP) is 2.76. The van der Waals surface area contributed by atoms with Crippen LogP contribution in [0.5, 0.6) is 5.75 Å². The van der Waals surface area contributed by atoms with E-state index in [9.17, 15) is 9.59 Å². The van der Waals surface area contributed by atoms with Crippen LogP contribution in [0.2, 0.25) is 0 Å². The lowest BCUT2D eigenvalue weighted by Gasteiger charge is -2.19. The average molecular weight is 276 g/mol. The van der Waals surface area contributed by atoms with Crippen LogP contribution in [0.15, 0.2) is 33.5 Å². The third-order valence-corrected chi connectivity index (χ3v) is 2.56. The topological polar surface area (TPSA) is 65.7 Å². The smallest absolute Gasteiger partial charge is 0.351 e. The Morgan fingerprint density at radius 2 is 1.90 bits per heavy atom. The molecule has 0 aliphatic carbocycles. The average Bonchev–Trinajstić information content (AvgIpc) is 2.35. The number of rotatable bonds is 2. The fourth-order valence-electron chi connectivity index (χ4n) is 1.69. The summed E-state index contributed by atoms with van der Waals surface area (Å²) in [6.45, 7) is 5.20. The first-order valence-corrected chi connectivity index (χ1v) is 6.15. The second-order valence-electron chi connectivity index (χ2n) is 5.35. The number of methoxy groups -OCH3 is 1.